The van der Waals surface area contributed by atoms with E-state index >= 15 is 0 Å². The molecule has 1 heterocycles. The lowest BCUT2D eigenvalue weighted by atomic mass is 10.1. The molecule has 1 rings (SSSR count). The lowest BCUT2D eigenvalue weighted by Gasteiger charge is -2.21. The molecular formula is C11H22N4O2S. The fraction of sp³-hybridized carbons (Fsp3) is 0.727. The number of aryl methyl sites for hydroxylation is 2. The molecule has 104 valence electrons. The monoisotopic (exact) mass is 274 g/mol. The summed E-state index contributed by atoms with van der Waals surface area (Å²) in [5.74, 6) is 5.46. The molecule has 0 aliphatic rings. The Bertz CT molecular complexity index is 495. The molecule has 18 heavy (non-hydrogen) atoms. The zero-order valence-electron chi connectivity index (χ0n) is 11.3. The van der Waals surface area contributed by atoms with Crippen molar-refractivity contribution < 1.29 is 8.42 Å². The summed E-state index contributed by atoms with van der Waals surface area (Å²) >= 11 is 0. The van der Waals surface area contributed by atoms with Gasteiger partial charge in [-0.1, -0.05) is 6.92 Å². The van der Waals surface area contributed by atoms with Gasteiger partial charge in [0.15, 0.2) is 9.84 Å². The van der Waals surface area contributed by atoms with Crippen molar-refractivity contribution in [2.45, 2.75) is 38.0 Å². The number of hydrazine groups is 1. The summed E-state index contributed by atoms with van der Waals surface area (Å²) in [6, 6.07) is 1.67. The lowest BCUT2D eigenvalue weighted by molar-refractivity contribution is 0.482. The maximum atomic E-state index is 11.6. The third kappa shape index (κ3) is 3.54. The number of nitrogens with zero attached hydrogens (tertiary/aromatic N) is 2. The van der Waals surface area contributed by atoms with Gasteiger partial charge in [-0.2, -0.15) is 5.10 Å². The van der Waals surface area contributed by atoms with Crippen LogP contribution in [-0.4, -0.2) is 35.7 Å². The van der Waals surface area contributed by atoms with Crippen LogP contribution in [0.25, 0.3) is 0 Å². The molecule has 0 amide bonds. The van der Waals surface area contributed by atoms with E-state index in [9.17, 15) is 8.42 Å². The molecule has 0 saturated carbocycles. The molecule has 0 spiro atoms. The minimum Gasteiger partial charge on any atom is -0.272 e. The first-order valence-corrected chi connectivity index (χ1v) is 7.91. The van der Waals surface area contributed by atoms with Gasteiger partial charge >= 0.3 is 0 Å². The standard InChI is InChI=1S/C11H22N4O2S/c1-5-9-6-10(15(3)14-9)7-11(13-12)8(2)18(4,16)17/h6,8,11,13H,5,7,12H2,1-4H3. The molecule has 1 aromatic heterocycles. The van der Waals surface area contributed by atoms with E-state index in [1.807, 2.05) is 20.0 Å². The zero-order chi connectivity index (χ0) is 13.9. The van der Waals surface area contributed by atoms with Crippen LogP contribution < -0.4 is 11.3 Å². The smallest absolute Gasteiger partial charge is 0.151 e. The Balaban J connectivity index is 2.89. The molecule has 7 heteroatoms. The van der Waals surface area contributed by atoms with Crippen LogP contribution in [-0.2, 0) is 29.7 Å². The van der Waals surface area contributed by atoms with Gasteiger partial charge in [-0.3, -0.25) is 16.0 Å². The Kier molecular flexibility index (Phi) is 4.89. The van der Waals surface area contributed by atoms with Crippen molar-refractivity contribution in [2.24, 2.45) is 12.9 Å². The molecule has 0 radical (unpaired) electrons. The minimum atomic E-state index is -3.12. The van der Waals surface area contributed by atoms with Gasteiger partial charge in [-0.25, -0.2) is 8.42 Å². The minimum absolute atomic E-state index is 0.319. The van der Waals surface area contributed by atoms with E-state index in [4.69, 9.17) is 5.84 Å². The second-order valence-electron chi connectivity index (χ2n) is 4.62. The molecule has 0 aromatic carbocycles. The summed E-state index contributed by atoms with van der Waals surface area (Å²) in [5.41, 5.74) is 4.56. The van der Waals surface area contributed by atoms with Gasteiger partial charge in [0.1, 0.15) is 0 Å². The average Bonchev–Trinajstić information content (AvgIpc) is 2.64. The molecule has 6 nitrogen and oxygen atoms in total. The van der Waals surface area contributed by atoms with Crippen molar-refractivity contribution in [1.82, 2.24) is 15.2 Å². The maximum absolute atomic E-state index is 11.6. The molecule has 0 aliphatic carbocycles. The van der Waals surface area contributed by atoms with Crippen molar-refractivity contribution in [1.29, 1.82) is 0 Å². The second-order valence-corrected chi connectivity index (χ2v) is 7.02. The predicted molar refractivity (Wildman–Crippen MR) is 71.7 cm³/mol. The third-order valence-electron chi connectivity index (χ3n) is 3.27. The average molecular weight is 274 g/mol. The molecule has 0 fully saturated rings. The Morgan fingerprint density at radius 1 is 1.56 bits per heavy atom. The number of hydrogen-bond donors (Lipinski definition) is 2. The van der Waals surface area contributed by atoms with E-state index < -0.39 is 15.1 Å². The Labute approximate surface area is 108 Å². The van der Waals surface area contributed by atoms with Crippen LogP contribution in [0.5, 0.6) is 0 Å². The summed E-state index contributed by atoms with van der Waals surface area (Å²) in [7, 11) is -1.26. The summed E-state index contributed by atoms with van der Waals surface area (Å²) in [6.07, 6.45) is 2.62. The molecule has 0 bridgehead atoms. The van der Waals surface area contributed by atoms with E-state index in [-0.39, 0.29) is 6.04 Å². The van der Waals surface area contributed by atoms with Crippen LogP contribution in [0.15, 0.2) is 6.07 Å². The van der Waals surface area contributed by atoms with Crippen LogP contribution in [0.2, 0.25) is 0 Å². The number of rotatable bonds is 6. The lowest BCUT2D eigenvalue weighted by Crippen LogP contribution is -2.47. The van der Waals surface area contributed by atoms with Gasteiger partial charge < -0.3 is 0 Å². The number of sulfone groups is 1. The van der Waals surface area contributed by atoms with E-state index in [0.29, 0.717) is 6.42 Å². The van der Waals surface area contributed by atoms with E-state index in [1.54, 1.807) is 11.6 Å². The maximum Gasteiger partial charge on any atom is 0.151 e. The van der Waals surface area contributed by atoms with Crippen molar-refractivity contribution in [2.75, 3.05) is 6.26 Å². The second kappa shape index (κ2) is 5.81. The zero-order valence-corrected chi connectivity index (χ0v) is 12.2. The van der Waals surface area contributed by atoms with Crippen molar-refractivity contribution in [3.05, 3.63) is 17.5 Å². The molecule has 3 N–H and O–H groups in total. The summed E-state index contributed by atoms with van der Waals surface area (Å²) in [4.78, 5) is 0. The normalized spacial score (nSPS) is 15.6. The van der Waals surface area contributed by atoms with Crippen LogP contribution in [0, 0.1) is 0 Å². The summed E-state index contributed by atoms with van der Waals surface area (Å²) in [6.45, 7) is 3.70. The highest BCUT2D eigenvalue weighted by atomic mass is 32.2. The summed E-state index contributed by atoms with van der Waals surface area (Å²) in [5, 5.41) is 3.80. The largest absolute Gasteiger partial charge is 0.272 e. The Hall–Kier alpha value is -0.920. The van der Waals surface area contributed by atoms with Crippen LogP contribution in [0.4, 0.5) is 0 Å². The van der Waals surface area contributed by atoms with Crippen molar-refractivity contribution >= 4 is 9.84 Å². The van der Waals surface area contributed by atoms with Crippen LogP contribution in [0.1, 0.15) is 25.2 Å². The molecular weight excluding hydrogens is 252 g/mol. The van der Waals surface area contributed by atoms with Crippen LogP contribution in [0.3, 0.4) is 0 Å². The predicted octanol–water partition coefficient (Wildman–Crippen LogP) is -0.210. The quantitative estimate of drug-likeness (QED) is 0.553. The first-order valence-electron chi connectivity index (χ1n) is 5.96. The van der Waals surface area contributed by atoms with Crippen molar-refractivity contribution in [3.63, 3.8) is 0 Å². The van der Waals surface area contributed by atoms with Crippen molar-refractivity contribution in [3.8, 4) is 0 Å². The van der Waals surface area contributed by atoms with Gasteiger partial charge in [0.05, 0.1) is 10.9 Å². The number of nitrogens with two attached hydrogens (primary N) is 1. The van der Waals surface area contributed by atoms with Gasteiger partial charge in [0.2, 0.25) is 0 Å². The SMILES string of the molecule is CCc1cc(CC(NN)C(C)S(C)(=O)=O)n(C)n1. The highest BCUT2D eigenvalue weighted by Gasteiger charge is 2.26. The highest BCUT2D eigenvalue weighted by Crippen LogP contribution is 2.12. The Morgan fingerprint density at radius 2 is 2.17 bits per heavy atom. The highest BCUT2D eigenvalue weighted by molar-refractivity contribution is 7.91. The van der Waals surface area contributed by atoms with Gasteiger partial charge in [-0.05, 0) is 19.4 Å². The van der Waals surface area contributed by atoms with Gasteiger partial charge in [0, 0.05) is 31.5 Å². The third-order valence-corrected chi connectivity index (χ3v) is 4.95. The molecule has 2 unspecified atom stereocenters. The number of aromatic nitrogens is 2. The Morgan fingerprint density at radius 3 is 2.56 bits per heavy atom. The van der Waals surface area contributed by atoms with E-state index in [0.717, 1.165) is 17.8 Å². The number of hydrogen-bond acceptors (Lipinski definition) is 5. The van der Waals surface area contributed by atoms with E-state index in [1.165, 1.54) is 6.26 Å². The fourth-order valence-electron chi connectivity index (χ4n) is 1.82. The first-order chi connectivity index (χ1) is 8.29. The molecule has 1 aromatic rings. The fourth-order valence-corrected chi connectivity index (χ4v) is 2.59. The topological polar surface area (TPSA) is 90.0 Å². The first kappa shape index (κ1) is 15.1. The molecule has 0 saturated heterocycles. The summed E-state index contributed by atoms with van der Waals surface area (Å²) < 4.78 is 24.9. The molecule has 2 atom stereocenters. The molecule has 0 aliphatic heterocycles. The number of nitrogens with one attached hydrogen (secondary N) is 1. The van der Waals surface area contributed by atoms with Crippen LogP contribution >= 0.6 is 0 Å². The van der Waals surface area contributed by atoms with E-state index in [2.05, 4.69) is 10.5 Å². The van der Waals surface area contributed by atoms with Gasteiger partial charge in [0.25, 0.3) is 0 Å². The van der Waals surface area contributed by atoms with Gasteiger partial charge in [-0.15, -0.1) is 0 Å².